The molecule has 0 radical (unpaired) electrons. The Morgan fingerprint density at radius 3 is 0.465 bits per heavy atom. The summed E-state index contributed by atoms with van der Waals surface area (Å²) < 4.78 is 114. The van der Waals surface area contributed by atoms with Crippen LogP contribution in [0, 0.1) is 0 Å². The zero-order valence-electron chi connectivity index (χ0n) is 68.3. The summed E-state index contributed by atoms with van der Waals surface area (Å²) in [7, 11) is -2.31. The van der Waals surface area contributed by atoms with Crippen molar-refractivity contribution in [2.24, 2.45) is 0 Å². The van der Waals surface area contributed by atoms with E-state index in [2.05, 4.69) is 0 Å². The molecule has 57 heteroatoms. The average Bonchev–Trinajstić information content (AvgIpc) is 0.769. The van der Waals surface area contributed by atoms with Crippen molar-refractivity contribution < 1.29 is 241 Å². The van der Waals surface area contributed by atoms with Gasteiger partial charge in [0.2, 0.25) is 0 Å². The van der Waals surface area contributed by atoms with Crippen LogP contribution in [-0.4, -0.2) is 512 Å². The van der Waals surface area contributed by atoms with Crippen molar-refractivity contribution in [2.75, 3.05) is 92.0 Å². The van der Waals surface area contributed by atoms with Gasteiger partial charge in [-0.25, -0.2) is 0 Å². The fourth-order valence-corrected chi connectivity index (χ4v) is 22.9. The number of aliphatic hydroxyl groups is 16. The van der Waals surface area contributed by atoms with Crippen LogP contribution in [0.3, 0.4) is 0 Å². The lowest BCUT2D eigenvalue weighted by Gasteiger charge is -2.51. The number of aliphatic carboxylic acids is 8. The standard InChI is InChI=1S/C72H112O49S8/c73-33(74)1-9-122-17-25-57-41(89)49(97)65(106-25)115-58-26(18-123-10-2-34(75)76)108-67(51(99)43(58)91)117-60-28(20-125-12-4-36(79)80)110-69(53(101)45(60)93)119-62-30(22-127-14-6-38(83)84)112-71(55(103)47(62)95)121-64-32(24-129(105)16-8-40(87)88)113-72(56(104)48(64)96)120-63-31(23-128-15-7-39(85)86)111-70(54(102)46(63)94)118-61-29(21-126-13-5-37(81)82)109-68(52(100)44(61)92)116-59-27(19-124-11-3-35(77)78)107-66(114-57)50(98)42(59)90/h25-32,41-72,89-104H,1-24H2,(H,73,74)(H,75,76)(H,77,78)(H,79,80)(H,81,82)(H,83,84)(H,85,86)(H,87,88)/t25-,26-,27-,28-,29-,30-,31-,32-,41-,42-,43-,44-,45-,46-,47-,48-,49-,50-,51-,52-,53-,54-,55-,56-,57-,58-,59-,60-,61-,62-,63-,64-,65-,66-,67-,68-,69-,70-,71-,72-,129?/m1/s1. The third-order valence-corrected chi connectivity index (χ3v) is 30.3. The number of carboxylic acids is 8. The first-order valence-electron chi connectivity index (χ1n) is 40.6. The zero-order valence-corrected chi connectivity index (χ0v) is 74.8. The summed E-state index contributed by atoms with van der Waals surface area (Å²) >= 11 is 6.02. The molecule has 0 aromatic heterocycles. The van der Waals surface area contributed by atoms with Gasteiger partial charge in [0.25, 0.3) is 0 Å². The molecule has 30 rings (SSSR count). The third kappa shape index (κ3) is 31.0. The molecular formula is C72H112O49S8. The van der Waals surface area contributed by atoms with Crippen molar-refractivity contribution in [2.45, 2.75) is 297 Å². The van der Waals surface area contributed by atoms with E-state index in [0.717, 1.165) is 82.3 Å². The lowest BCUT2D eigenvalue weighted by Crippen LogP contribution is -2.69. The van der Waals surface area contributed by atoms with E-state index in [1.54, 1.807) is 0 Å². The maximum Gasteiger partial charge on any atom is 0.304 e. The predicted molar refractivity (Wildman–Crippen MR) is 442 cm³/mol. The van der Waals surface area contributed by atoms with Gasteiger partial charge in [-0.3, -0.25) is 42.6 Å². The largest absolute Gasteiger partial charge is 0.481 e. The molecule has 0 spiro atoms. The van der Waals surface area contributed by atoms with E-state index in [9.17, 15) is 165 Å². The molecule has 742 valence electrons. The van der Waals surface area contributed by atoms with Gasteiger partial charge in [-0.1, -0.05) is 0 Å². The molecule has 16 bridgehead atoms. The number of carboxylic acid groups (broad SMARTS) is 8. The van der Waals surface area contributed by atoms with Crippen molar-refractivity contribution in [3.8, 4) is 0 Å². The first kappa shape index (κ1) is 110. The van der Waals surface area contributed by atoms with Gasteiger partial charge in [0.05, 0.1) is 99.8 Å². The highest BCUT2D eigenvalue weighted by Gasteiger charge is 2.61. The molecule has 1 unspecified atom stereocenters. The Kier molecular flexibility index (Phi) is 44.9. The first-order chi connectivity index (χ1) is 61.1. The van der Waals surface area contributed by atoms with E-state index >= 15 is 0 Å². The maximum atomic E-state index is 13.9. The normalized spacial score (nSPS) is 41.5. The molecule has 129 heavy (non-hydrogen) atoms. The number of ether oxygens (including phenoxy) is 16. The van der Waals surface area contributed by atoms with Crippen LogP contribution < -0.4 is 0 Å². The van der Waals surface area contributed by atoms with Gasteiger partial charge < -0.3 is 198 Å². The molecule has 49 nitrogen and oxygen atoms in total. The van der Waals surface area contributed by atoms with Crippen molar-refractivity contribution in [1.82, 2.24) is 0 Å². The summed E-state index contributed by atoms with van der Waals surface area (Å²) in [6, 6.07) is 0. The summed E-state index contributed by atoms with van der Waals surface area (Å²) in [5.41, 5.74) is 0. The van der Waals surface area contributed by atoms with Crippen molar-refractivity contribution in [3.05, 3.63) is 0 Å². The molecule has 24 N–H and O–H groups in total. The van der Waals surface area contributed by atoms with Gasteiger partial charge in [0, 0.05) is 97.1 Å². The predicted octanol–water partition coefficient (Wildman–Crippen LogP) is -8.67. The average molecular weight is 2020 g/mol. The van der Waals surface area contributed by atoms with E-state index in [1.807, 2.05) is 0 Å². The highest BCUT2D eigenvalue weighted by Crippen LogP contribution is 2.43. The van der Waals surface area contributed by atoms with Gasteiger partial charge in [-0.2, -0.15) is 82.3 Å². The van der Waals surface area contributed by atoms with Gasteiger partial charge in [-0.05, 0) is 0 Å². The van der Waals surface area contributed by atoms with E-state index in [-0.39, 0.29) is 46.0 Å². The monoisotopic (exact) mass is 2020 g/mol. The molecule has 30 heterocycles. The number of aliphatic hydroxyl groups excluding tert-OH is 16. The number of hydrogen-bond acceptors (Lipinski definition) is 48. The van der Waals surface area contributed by atoms with Crippen molar-refractivity contribution in [1.29, 1.82) is 0 Å². The highest BCUT2D eigenvalue weighted by molar-refractivity contribution is 8.00. The Hall–Kier alpha value is -2.92. The lowest BCUT2D eigenvalue weighted by atomic mass is 9.95. The maximum absolute atomic E-state index is 13.9. The van der Waals surface area contributed by atoms with E-state index in [0.29, 0.717) is 0 Å². The molecule has 0 aliphatic carbocycles. The first-order valence-corrected chi connectivity index (χ1v) is 50.2. The molecule has 30 aliphatic heterocycles. The fraction of sp³-hybridized carbons (Fsp3) is 0.889. The van der Waals surface area contributed by atoms with Crippen LogP contribution in [0.5, 0.6) is 0 Å². The molecule has 30 fully saturated rings. The smallest absolute Gasteiger partial charge is 0.304 e. The summed E-state index contributed by atoms with van der Waals surface area (Å²) in [5.74, 6) is -15.9. The molecule has 0 aromatic carbocycles. The number of thioether (sulfide) groups is 7. The van der Waals surface area contributed by atoms with Crippen molar-refractivity contribution >= 4 is 141 Å². The number of rotatable bonds is 40. The SMILES string of the molecule is O=C(O)CCSC[C@H]1O[C@@H]2O[C@H]3[C@H](O)[C@@H](O)[C@@H](O[C@H]4[C@H](O)[C@@H](O)[C@@H](O[C@H]5[C@H](O)[C@@H](O)[C@@H](O[C@H]6[C@H](O)[C@@H](O)[C@@H](O[C@H]7[C@H](O)[C@@H](O)[C@@H](O[C@H]8[C@H](O)[C@@H](O)[C@@H](O[C@H]9[C@H](O)[C@@H](O)[C@@H](O[C@H]1[C@H](O)[C@H]2O)O[C@@H]9CSCCC(=O)O)O[C@@H]8CSCCC(=O)O)O[C@@H]7CSCCC(=O)O)O[C@@H]6CS(=O)CCC(=O)O)O[C@@H]5CSCCC(=O)O)O[C@@H]4CSCCC(=O)O)O[C@@H]3CSCCC(=O)O. The fourth-order valence-electron chi connectivity index (χ4n) is 14.8. The lowest BCUT2D eigenvalue weighted by molar-refractivity contribution is -0.396. The second-order valence-corrected chi connectivity index (χ2v) is 40.7. The van der Waals surface area contributed by atoms with E-state index in [4.69, 9.17) is 75.8 Å². The van der Waals surface area contributed by atoms with Crippen molar-refractivity contribution in [3.63, 3.8) is 0 Å². The highest BCUT2D eigenvalue weighted by atomic mass is 32.2. The van der Waals surface area contributed by atoms with Crippen LogP contribution in [0.15, 0.2) is 0 Å². The molecule has 30 saturated heterocycles. The summed E-state index contributed by atoms with van der Waals surface area (Å²) in [5, 5.41) is 272. The van der Waals surface area contributed by atoms with E-state index in [1.165, 1.54) is 0 Å². The van der Waals surface area contributed by atoms with E-state index < -0.39 is 402 Å². The Bertz CT molecular complexity index is 3450. The molecule has 0 amide bonds. The summed E-state index contributed by atoms with van der Waals surface area (Å²) in [6.07, 6.45) is -88.2. The Morgan fingerprint density at radius 2 is 0.326 bits per heavy atom. The zero-order chi connectivity index (χ0) is 94.5. The van der Waals surface area contributed by atoms with Gasteiger partial charge >= 0.3 is 47.8 Å². The third-order valence-electron chi connectivity index (χ3n) is 21.5. The topological polar surface area (TPSA) is 787 Å². The molecule has 41 atom stereocenters. The minimum Gasteiger partial charge on any atom is -0.481 e. The molecule has 0 aromatic rings. The quantitative estimate of drug-likeness (QED) is 0.0253. The van der Waals surface area contributed by atoms with Crippen LogP contribution >= 0.6 is 82.3 Å². The van der Waals surface area contributed by atoms with Crippen LogP contribution in [0.25, 0.3) is 0 Å². The minimum absolute atomic E-state index is 0.166. The Balaban J connectivity index is 1.12. The van der Waals surface area contributed by atoms with Crippen LogP contribution in [-0.2, 0) is 125 Å². The molecule has 0 saturated carbocycles. The number of carbonyl (C=O) groups is 8. The van der Waals surface area contributed by atoms with Gasteiger partial charge in [-0.15, -0.1) is 0 Å². The molecular weight excluding hydrogens is 1910 g/mol. The Morgan fingerprint density at radius 1 is 0.194 bits per heavy atom. The molecule has 30 aliphatic rings. The summed E-state index contributed by atoms with van der Waals surface area (Å²) in [4.78, 5) is 94.4. The van der Waals surface area contributed by atoms with Crippen LogP contribution in [0.1, 0.15) is 51.4 Å². The Labute approximate surface area is 766 Å². The number of hydrogen-bond donors (Lipinski definition) is 24. The second kappa shape index (κ2) is 52.7. The van der Waals surface area contributed by atoms with Crippen LogP contribution in [0.4, 0.5) is 0 Å². The van der Waals surface area contributed by atoms with Gasteiger partial charge in [0.1, 0.15) is 153 Å². The second-order valence-electron chi connectivity index (χ2n) is 31.0. The minimum atomic E-state index is -2.42. The van der Waals surface area contributed by atoms with Crippen LogP contribution in [0.2, 0.25) is 0 Å². The summed E-state index contributed by atoms with van der Waals surface area (Å²) in [6.45, 7) is 0. The van der Waals surface area contributed by atoms with Gasteiger partial charge in [0.15, 0.2) is 50.3 Å².